The van der Waals surface area contributed by atoms with Crippen LogP contribution in [0.2, 0.25) is 0 Å². The minimum atomic E-state index is -0.120. The molecule has 0 fully saturated rings. The Hall–Kier alpha value is -1.13. The zero-order valence-corrected chi connectivity index (χ0v) is 12.7. The van der Waals surface area contributed by atoms with Crippen LogP contribution < -0.4 is 5.32 Å². The number of halogens is 1. The van der Waals surface area contributed by atoms with E-state index in [9.17, 15) is 0 Å². The summed E-state index contributed by atoms with van der Waals surface area (Å²) in [6.45, 7) is 6.40. The van der Waals surface area contributed by atoms with Gasteiger partial charge in [0.25, 0.3) is 0 Å². The first-order chi connectivity index (χ1) is 8.47. The molecule has 0 aliphatic rings. The maximum Gasteiger partial charge on any atom is 0.0994 e. The maximum absolute atomic E-state index is 4.29. The second kappa shape index (κ2) is 4.86. The number of hydrogen-bond donors (Lipinski definition) is 1. The molecule has 0 aliphatic heterocycles. The largest absolute Gasteiger partial charge is 0.310 e. The lowest BCUT2D eigenvalue weighted by atomic mass is 10.0. The smallest absolute Gasteiger partial charge is 0.0994 e. The van der Waals surface area contributed by atoms with Crippen molar-refractivity contribution in [2.45, 2.75) is 26.3 Å². The average molecular weight is 308 g/mol. The van der Waals surface area contributed by atoms with E-state index >= 15 is 0 Å². The van der Waals surface area contributed by atoms with Crippen LogP contribution in [0, 0.1) is 6.92 Å². The summed E-state index contributed by atoms with van der Waals surface area (Å²) in [6.07, 6.45) is 3.78. The number of nitrogens with zero attached hydrogens (tertiary/aromatic N) is 2. The van der Waals surface area contributed by atoms with Gasteiger partial charge in [-0.1, -0.05) is 22.0 Å². The van der Waals surface area contributed by atoms with Crippen molar-refractivity contribution in [3.63, 3.8) is 0 Å². The molecule has 4 heteroatoms. The zero-order chi connectivity index (χ0) is 13.3. The van der Waals surface area contributed by atoms with Crippen molar-refractivity contribution in [2.75, 3.05) is 7.05 Å². The van der Waals surface area contributed by atoms with E-state index in [4.69, 9.17) is 0 Å². The van der Waals surface area contributed by atoms with E-state index in [-0.39, 0.29) is 5.54 Å². The van der Waals surface area contributed by atoms with Gasteiger partial charge in [-0.15, -0.1) is 0 Å². The number of hydrogen-bond acceptors (Lipinski definition) is 2. The molecular formula is C14H18BrN3. The van der Waals surface area contributed by atoms with Gasteiger partial charge in [0, 0.05) is 4.47 Å². The molecule has 0 aliphatic carbocycles. The molecule has 0 saturated heterocycles. The van der Waals surface area contributed by atoms with Gasteiger partial charge in [-0.05, 0) is 45.5 Å². The Labute approximate surface area is 116 Å². The lowest BCUT2D eigenvalue weighted by Crippen LogP contribution is -2.35. The Kier molecular flexibility index (Phi) is 3.59. The van der Waals surface area contributed by atoms with Crippen LogP contribution in [0.15, 0.2) is 35.2 Å². The molecule has 1 heterocycles. The summed E-state index contributed by atoms with van der Waals surface area (Å²) in [5.41, 5.74) is 3.39. The van der Waals surface area contributed by atoms with E-state index in [1.54, 1.807) is 0 Å². The fourth-order valence-electron chi connectivity index (χ4n) is 1.93. The van der Waals surface area contributed by atoms with Gasteiger partial charge in [-0.3, -0.25) is 0 Å². The highest BCUT2D eigenvalue weighted by Gasteiger charge is 2.23. The fraction of sp³-hybridized carbons (Fsp3) is 0.357. The van der Waals surface area contributed by atoms with Gasteiger partial charge < -0.3 is 9.88 Å². The van der Waals surface area contributed by atoms with Gasteiger partial charge in [0.15, 0.2) is 0 Å². The Bertz CT molecular complexity index is 558. The maximum atomic E-state index is 4.29. The lowest BCUT2D eigenvalue weighted by molar-refractivity contribution is 0.424. The van der Waals surface area contributed by atoms with Crippen LogP contribution in [0.5, 0.6) is 0 Å². The molecule has 0 atom stereocenters. The lowest BCUT2D eigenvalue weighted by Gasteiger charge is -2.26. The van der Waals surface area contributed by atoms with Crippen LogP contribution >= 0.6 is 15.9 Å². The highest BCUT2D eigenvalue weighted by Crippen LogP contribution is 2.27. The molecule has 0 unspecified atom stereocenters. The zero-order valence-electron chi connectivity index (χ0n) is 11.2. The normalized spacial score (nSPS) is 11.8. The molecule has 1 aromatic carbocycles. The first-order valence-corrected chi connectivity index (χ1v) is 6.74. The van der Waals surface area contributed by atoms with E-state index < -0.39 is 0 Å². The highest BCUT2D eigenvalue weighted by atomic mass is 79.9. The van der Waals surface area contributed by atoms with Crippen molar-refractivity contribution in [1.29, 1.82) is 0 Å². The second-order valence-corrected chi connectivity index (χ2v) is 5.76. The number of benzene rings is 1. The monoisotopic (exact) mass is 307 g/mol. The van der Waals surface area contributed by atoms with Gasteiger partial charge in [0.05, 0.1) is 29.4 Å². The first-order valence-electron chi connectivity index (χ1n) is 5.94. The standard InChI is InChI=1S/C14H18BrN3/c1-10-11(15)6-5-7-12(10)18-9-17-8-13(18)14(2,3)16-4/h5-9,16H,1-4H3. The van der Waals surface area contributed by atoms with Crippen molar-refractivity contribution in [1.82, 2.24) is 14.9 Å². The van der Waals surface area contributed by atoms with Gasteiger partial charge in [-0.2, -0.15) is 0 Å². The summed E-state index contributed by atoms with van der Waals surface area (Å²) in [7, 11) is 1.96. The molecule has 2 aromatic rings. The third kappa shape index (κ3) is 2.22. The molecule has 2 rings (SSSR count). The molecule has 0 bridgehead atoms. The second-order valence-electron chi connectivity index (χ2n) is 4.91. The van der Waals surface area contributed by atoms with Crippen LogP contribution in [-0.2, 0) is 5.54 Å². The topological polar surface area (TPSA) is 29.9 Å². The van der Waals surface area contributed by atoms with Gasteiger partial charge in [0.1, 0.15) is 0 Å². The van der Waals surface area contributed by atoms with E-state index in [1.807, 2.05) is 25.6 Å². The minimum absolute atomic E-state index is 0.120. The first kappa shape index (κ1) is 13.3. The molecular weight excluding hydrogens is 290 g/mol. The highest BCUT2D eigenvalue weighted by molar-refractivity contribution is 9.10. The summed E-state index contributed by atoms with van der Waals surface area (Å²) in [5.74, 6) is 0. The summed E-state index contributed by atoms with van der Waals surface area (Å²) in [4.78, 5) is 4.29. The number of nitrogens with one attached hydrogen (secondary N) is 1. The van der Waals surface area contributed by atoms with Crippen LogP contribution in [0.25, 0.3) is 5.69 Å². The third-order valence-corrected chi connectivity index (χ3v) is 4.26. The number of rotatable bonds is 3. The van der Waals surface area contributed by atoms with E-state index in [1.165, 1.54) is 5.56 Å². The van der Waals surface area contributed by atoms with Crippen LogP contribution in [-0.4, -0.2) is 16.6 Å². The van der Waals surface area contributed by atoms with Gasteiger partial charge in [-0.25, -0.2) is 4.98 Å². The quantitative estimate of drug-likeness (QED) is 0.942. The molecule has 3 nitrogen and oxygen atoms in total. The molecule has 96 valence electrons. The Morgan fingerprint density at radius 2 is 2.06 bits per heavy atom. The molecule has 1 N–H and O–H groups in total. The van der Waals surface area contributed by atoms with Crippen molar-refractivity contribution >= 4 is 15.9 Å². The SMILES string of the molecule is CNC(C)(C)c1cncn1-c1cccc(Br)c1C. The Balaban J connectivity index is 2.60. The van der Waals surface area contributed by atoms with Crippen molar-refractivity contribution in [2.24, 2.45) is 0 Å². The Morgan fingerprint density at radius 1 is 1.33 bits per heavy atom. The van der Waals surface area contributed by atoms with Gasteiger partial charge >= 0.3 is 0 Å². The Morgan fingerprint density at radius 3 is 2.72 bits per heavy atom. The number of imidazole rings is 1. The molecule has 1 aromatic heterocycles. The van der Waals surface area contributed by atoms with Crippen LogP contribution in [0.4, 0.5) is 0 Å². The number of aromatic nitrogens is 2. The van der Waals surface area contributed by atoms with Crippen molar-refractivity contribution < 1.29 is 0 Å². The summed E-state index contributed by atoms with van der Waals surface area (Å²) in [6, 6.07) is 6.21. The van der Waals surface area contributed by atoms with Crippen molar-refractivity contribution in [3.05, 3.63) is 46.5 Å². The van der Waals surface area contributed by atoms with E-state index in [2.05, 4.69) is 63.7 Å². The molecule has 0 saturated carbocycles. The predicted octanol–water partition coefficient (Wildman–Crippen LogP) is 3.40. The summed E-state index contributed by atoms with van der Waals surface area (Å²) in [5, 5.41) is 3.32. The third-order valence-electron chi connectivity index (χ3n) is 3.40. The molecule has 18 heavy (non-hydrogen) atoms. The van der Waals surface area contributed by atoms with Crippen LogP contribution in [0.1, 0.15) is 25.1 Å². The predicted molar refractivity (Wildman–Crippen MR) is 78.1 cm³/mol. The molecule has 0 radical (unpaired) electrons. The van der Waals surface area contributed by atoms with Crippen LogP contribution in [0.3, 0.4) is 0 Å². The fourth-order valence-corrected chi connectivity index (χ4v) is 2.29. The molecule has 0 spiro atoms. The summed E-state index contributed by atoms with van der Waals surface area (Å²) >= 11 is 3.57. The van der Waals surface area contributed by atoms with Gasteiger partial charge in [0.2, 0.25) is 0 Å². The average Bonchev–Trinajstić information content (AvgIpc) is 2.82. The summed E-state index contributed by atoms with van der Waals surface area (Å²) < 4.78 is 3.25. The van der Waals surface area contributed by atoms with Crippen molar-refractivity contribution in [3.8, 4) is 5.69 Å². The minimum Gasteiger partial charge on any atom is -0.310 e. The van der Waals surface area contributed by atoms with E-state index in [0.717, 1.165) is 15.9 Å². The van der Waals surface area contributed by atoms with E-state index in [0.29, 0.717) is 0 Å². The molecule has 0 amide bonds.